The molecule has 0 saturated heterocycles. The largest absolute Gasteiger partial charge is 0.462 e. The molecule has 5 rings (SSSR count). The second kappa shape index (κ2) is 9.88. The zero-order chi connectivity index (χ0) is 26.2. The predicted octanol–water partition coefficient (Wildman–Crippen LogP) is 6.25. The Balaban J connectivity index is 1.62. The number of hydrogen-bond donors (Lipinski definition) is 1. The van der Waals surface area contributed by atoms with E-state index < -0.39 is 16.0 Å². The molecular weight excluding hydrogens is 510 g/mol. The van der Waals surface area contributed by atoms with E-state index >= 15 is 0 Å². The van der Waals surface area contributed by atoms with Crippen molar-refractivity contribution in [2.45, 2.75) is 25.3 Å². The molecule has 1 N–H and O–H groups in total. The van der Waals surface area contributed by atoms with Gasteiger partial charge in [0.15, 0.2) is 0 Å². The summed E-state index contributed by atoms with van der Waals surface area (Å²) in [6.45, 7) is 3.85. The smallest absolute Gasteiger partial charge is 0.338 e. The fraction of sp³-hybridized carbons (Fsp3) is 0.143. The number of esters is 1. The first-order chi connectivity index (χ1) is 17.8. The number of nitrogens with one attached hydrogen (secondary N) is 1. The Morgan fingerprint density at radius 2 is 1.81 bits per heavy atom. The van der Waals surface area contributed by atoms with Crippen molar-refractivity contribution in [2.75, 3.05) is 10.9 Å². The summed E-state index contributed by atoms with van der Waals surface area (Å²) in [4.78, 5) is 19.8. The van der Waals surface area contributed by atoms with Crippen molar-refractivity contribution in [1.29, 1.82) is 0 Å². The van der Waals surface area contributed by atoms with Gasteiger partial charge >= 0.3 is 5.97 Å². The lowest BCUT2D eigenvalue weighted by Crippen LogP contribution is -2.32. The SMILES string of the molecule is CCOC(=O)c1ccc(S(=O)(=O)N(Cc2ccc3c(Cl)c[nH]c3c2)c2ncc3ccccc3c2C)cc1. The van der Waals surface area contributed by atoms with Crippen LogP contribution in [0.25, 0.3) is 21.7 Å². The van der Waals surface area contributed by atoms with Gasteiger partial charge in [-0.05, 0) is 55.1 Å². The second-order valence-corrected chi connectivity index (χ2v) is 10.8. The van der Waals surface area contributed by atoms with Crippen LogP contribution in [-0.4, -0.2) is 31.0 Å². The van der Waals surface area contributed by atoms with E-state index in [4.69, 9.17) is 16.3 Å². The average molecular weight is 534 g/mol. The number of carbonyl (C=O) groups excluding carboxylic acids is 1. The molecule has 0 aliphatic carbocycles. The highest BCUT2D eigenvalue weighted by Gasteiger charge is 2.28. The van der Waals surface area contributed by atoms with Crippen LogP contribution in [0.5, 0.6) is 0 Å². The maximum Gasteiger partial charge on any atom is 0.338 e. The van der Waals surface area contributed by atoms with Gasteiger partial charge < -0.3 is 9.72 Å². The van der Waals surface area contributed by atoms with E-state index in [1.54, 1.807) is 19.3 Å². The van der Waals surface area contributed by atoms with Crippen molar-refractivity contribution in [3.05, 3.63) is 101 Å². The van der Waals surface area contributed by atoms with Crippen molar-refractivity contribution in [3.63, 3.8) is 0 Å². The third kappa shape index (κ3) is 4.65. The molecule has 7 nitrogen and oxygen atoms in total. The summed E-state index contributed by atoms with van der Waals surface area (Å²) in [5, 5.41) is 3.29. The highest BCUT2D eigenvalue weighted by Crippen LogP contribution is 2.32. The summed E-state index contributed by atoms with van der Waals surface area (Å²) >= 11 is 6.23. The van der Waals surface area contributed by atoms with Gasteiger partial charge in [0.05, 0.1) is 28.6 Å². The number of sulfonamides is 1. The third-order valence-corrected chi connectivity index (χ3v) is 8.30. The van der Waals surface area contributed by atoms with Crippen LogP contribution in [0.3, 0.4) is 0 Å². The van der Waals surface area contributed by atoms with Crippen LogP contribution in [0.1, 0.15) is 28.4 Å². The minimum absolute atomic E-state index is 0.0407. The number of ether oxygens (including phenoxy) is 1. The van der Waals surface area contributed by atoms with E-state index in [1.807, 2.05) is 49.4 Å². The monoisotopic (exact) mass is 533 g/mol. The Labute approximate surface area is 219 Å². The first-order valence-corrected chi connectivity index (χ1v) is 13.5. The minimum Gasteiger partial charge on any atom is -0.462 e. The molecule has 5 aromatic rings. The Morgan fingerprint density at radius 3 is 2.57 bits per heavy atom. The van der Waals surface area contributed by atoms with Gasteiger partial charge in [0.1, 0.15) is 5.82 Å². The Bertz CT molecular complexity index is 1730. The molecule has 188 valence electrons. The van der Waals surface area contributed by atoms with Gasteiger partial charge in [0, 0.05) is 34.2 Å². The number of aromatic amines is 1. The van der Waals surface area contributed by atoms with E-state index in [0.717, 1.165) is 32.8 Å². The summed E-state index contributed by atoms with van der Waals surface area (Å²) in [6, 6.07) is 19.0. The summed E-state index contributed by atoms with van der Waals surface area (Å²) in [5.74, 6) is -0.175. The van der Waals surface area contributed by atoms with Gasteiger partial charge in [0.25, 0.3) is 10.0 Å². The molecule has 0 spiro atoms. The average Bonchev–Trinajstić information content (AvgIpc) is 3.28. The number of benzene rings is 3. The van der Waals surface area contributed by atoms with E-state index in [1.165, 1.54) is 28.6 Å². The number of halogens is 1. The van der Waals surface area contributed by atoms with Crippen LogP contribution in [0.2, 0.25) is 5.02 Å². The number of H-pyrrole nitrogens is 1. The molecule has 0 saturated carbocycles. The van der Waals surface area contributed by atoms with Crippen molar-refractivity contribution in [3.8, 4) is 0 Å². The Kier molecular flexibility index (Phi) is 6.62. The molecule has 0 fully saturated rings. The molecular formula is C28H24ClN3O4S. The Hall–Kier alpha value is -3.88. The lowest BCUT2D eigenvalue weighted by molar-refractivity contribution is 0.0526. The summed E-state index contributed by atoms with van der Waals surface area (Å²) < 4.78 is 34.4. The van der Waals surface area contributed by atoms with E-state index in [9.17, 15) is 13.2 Å². The third-order valence-electron chi connectivity index (χ3n) is 6.24. The maximum absolute atomic E-state index is 14.0. The lowest BCUT2D eigenvalue weighted by atomic mass is 10.1. The molecule has 0 radical (unpaired) electrons. The number of carbonyl (C=O) groups is 1. The van der Waals surface area contributed by atoms with Gasteiger partial charge in [-0.15, -0.1) is 0 Å². The Morgan fingerprint density at radius 1 is 1.05 bits per heavy atom. The predicted molar refractivity (Wildman–Crippen MR) is 146 cm³/mol. The number of rotatable bonds is 7. The van der Waals surface area contributed by atoms with Crippen molar-refractivity contribution in [1.82, 2.24) is 9.97 Å². The first kappa shape index (κ1) is 24.8. The van der Waals surface area contributed by atoms with Crippen LogP contribution < -0.4 is 4.31 Å². The lowest BCUT2D eigenvalue weighted by Gasteiger charge is -2.26. The topological polar surface area (TPSA) is 92.4 Å². The number of hydrogen-bond acceptors (Lipinski definition) is 5. The molecule has 0 amide bonds. The van der Waals surface area contributed by atoms with Crippen LogP contribution in [0.15, 0.2) is 84.0 Å². The second-order valence-electron chi connectivity index (χ2n) is 8.57. The normalized spacial score (nSPS) is 11.6. The molecule has 0 atom stereocenters. The van der Waals surface area contributed by atoms with E-state index in [0.29, 0.717) is 10.8 Å². The fourth-order valence-corrected chi connectivity index (χ4v) is 6.02. The quantitative estimate of drug-likeness (QED) is 0.250. The maximum atomic E-state index is 14.0. The molecule has 37 heavy (non-hydrogen) atoms. The van der Waals surface area contributed by atoms with E-state index in [2.05, 4.69) is 9.97 Å². The molecule has 0 bridgehead atoms. The minimum atomic E-state index is -4.06. The van der Waals surface area contributed by atoms with Crippen molar-refractivity contribution in [2.24, 2.45) is 0 Å². The molecule has 2 aromatic heterocycles. The number of aromatic nitrogens is 2. The number of nitrogens with zero attached hydrogens (tertiary/aromatic N) is 2. The molecule has 3 aromatic carbocycles. The highest BCUT2D eigenvalue weighted by atomic mass is 35.5. The van der Waals surface area contributed by atoms with Crippen molar-refractivity contribution >= 4 is 55.1 Å². The number of fused-ring (bicyclic) bond motifs is 2. The van der Waals surface area contributed by atoms with Gasteiger partial charge in [-0.25, -0.2) is 22.5 Å². The molecule has 0 unspecified atom stereocenters. The number of anilines is 1. The van der Waals surface area contributed by atoms with Crippen LogP contribution >= 0.6 is 11.6 Å². The van der Waals surface area contributed by atoms with Crippen molar-refractivity contribution < 1.29 is 17.9 Å². The van der Waals surface area contributed by atoms with Crippen LogP contribution in [0, 0.1) is 6.92 Å². The number of pyridine rings is 1. The summed E-state index contributed by atoms with van der Waals surface area (Å²) in [7, 11) is -4.06. The zero-order valence-corrected chi connectivity index (χ0v) is 21.8. The first-order valence-electron chi connectivity index (χ1n) is 11.7. The molecule has 0 aliphatic heterocycles. The molecule has 2 heterocycles. The van der Waals surface area contributed by atoms with Gasteiger partial charge in [-0.2, -0.15) is 0 Å². The number of aryl methyl sites for hydroxylation is 1. The highest BCUT2D eigenvalue weighted by molar-refractivity contribution is 7.92. The standard InChI is InChI=1S/C28H24ClN3O4S/c1-3-36-28(33)20-9-11-22(12-10-20)37(34,35)32(17-19-8-13-24-25(29)16-30-26(24)14-19)27-18(2)23-7-5-4-6-21(23)15-31-27/h4-16,30H,3,17H2,1-2H3. The van der Waals surface area contributed by atoms with Gasteiger partial charge in [0.2, 0.25) is 0 Å². The van der Waals surface area contributed by atoms with Crippen LogP contribution in [-0.2, 0) is 21.3 Å². The zero-order valence-electron chi connectivity index (χ0n) is 20.2. The fourth-order valence-electron chi connectivity index (χ4n) is 4.33. The summed E-state index contributed by atoms with van der Waals surface area (Å²) in [6.07, 6.45) is 3.38. The van der Waals surface area contributed by atoms with Gasteiger partial charge in [-0.3, -0.25) is 0 Å². The van der Waals surface area contributed by atoms with E-state index in [-0.39, 0.29) is 23.6 Å². The molecule has 9 heteroatoms. The summed E-state index contributed by atoms with van der Waals surface area (Å²) in [5.41, 5.74) is 2.59. The van der Waals surface area contributed by atoms with Gasteiger partial charge in [-0.1, -0.05) is 48.0 Å². The molecule has 0 aliphatic rings. The van der Waals surface area contributed by atoms with Crippen LogP contribution in [0.4, 0.5) is 5.82 Å².